The van der Waals surface area contributed by atoms with Crippen molar-refractivity contribution in [1.82, 2.24) is 10.2 Å². The molecule has 0 aromatic carbocycles. The number of aromatic amines is 1. The lowest BCUT2D eigenvalue weighted by Crippen LogP contribution is -2.14. The number of nitrogens with one attached hydrogen (secondary N) is 1. The minimum absolute atomic E-state index is 0.378. The molecule has 4 heteroatoms. The molecule has 1 fully saturated rings. The van der Waals surface area contributed by atoms with Crippen LogP contribution in [0.2, 0.25) is 0 Å². The van der Waals surface area contributed by atoms with E-state index in [1.54, 1.807) is 0 Å². The van der Waals surface area contributed by atoms with E-state index in [1.165, 1.54) is 12.8 Å². The van der Waals surface area contributed by atoms with Crippen LogP contribution in [0.4, 0.5) is 0 Å². The summed E-state index contributed by atoms with van der Waals surface area (Å²) < 4.78 is 0. The van der Waals surface area contributed by atoms with Gasteiger partial charge in [-0.2, -0.15) is 5.10 Å². The van der Waals surface area contributed by atoms with Crippen LogP contribution in [0.3, 0.4) is 0 Å². The zero-order chi connectivity index (χ0) is 10.6. The summed E-state index contributed by atoms with van der Waals surface area (Å²) >= 11 is 0. The van der Waals surface area contributed by atoms with Crippen molar-refractivity contribution in [2.45, 2.75) is 32.1 Å². The standard InChI is InChI=1S/C11H15N3O/c1-2-3-5-6-4-7-9(8(5)6)13-14-10(7)11(12)15/h5-6,8H,2-4H2,1H3,(H2,12,15)(H,13,14)/t5-,6+,8-/m1/s1. The lowest BCUT2D eigenvalue weighted by Gasteiger charge is -2.01. The number of H-pyrrole nitrogens is 1. The molecule has 4 nitrogen and oxygen atoms in total. The van der Waals surface area contributed by atoms with Crippen LogP contribution >= 0.6 is 0 Å². The summed E-state index contributed by atoms with van der Waals surface area (Å²) in [6.45, 7) is 2.22. The molecule has 2 aliphatic carbocycles. The van der Waals surface area contributed by atoms with E-state index >= 15 is 0 Å². The largest absolute Gasteiger partial charge is 0.364 e. The number of nitrogens with zero attached hydrogens (tertiary/aromatic N) is 1. The molecule has 3 N–H and O–H groups in total. The quantitative estimate of drug-likeness (QED) is 0.778. The zero-order valence-electron chi connectivity index (χ0n) is 8.79. The maximum atomic E-state index is 11.1. The van der Waals surface area contributed by atoms with Crippen molar-refractivity contribution in [1.29, 1.82) is 0 Å². The average Bonchev–Trinajstić information content (AvgIpc) is 2.60. The second-order valence-electron chi connectivity index (χ2n) is 4.67. The molecule has 0 radical (unpaired) electrons. The number of carbonyl (C=O) groups excluding carboxylic acids is 1. The number of aromatic nitrogens is 2. The summed E-state index contributed by atoms with van der Waals surface area (Å²) in [7, 11) is 0. The molecule has 0 spiro atoms. The molecule has 1 saturated carbocycles. The van der Waals surface area contributed by atoms with Gasteiger partial charge in [0.05, 0.1) is 5.69 Å². The van der Waals surface area contributed by atoms with Gasteiger partial charge in [-0.15, -0.1) is 0 Å². The van der Waals surface area contributed by atoms with E-state index in [0.29, 0.717) is 11.6 Å². The monoisotopic (exact) mass is 205 g/mol. The minimum atomic E-state index is -0.378. The molecule has 15 heavy (non-hydrogen) atoms. The second-order valence-corrected chi connectivity index (χ2v) is 4.67. The van der Waals surface area contributed by atoms with Crippen LogP contribution in [0.5, 0.6) is 0 Å². The van der Waals surface area contributed by atoms with E-state index in [0.717, 1.165) is 29.5 Å². The number of hydrogen-bond acceptors (Lipinski definition) is 2. The number of amides is 1. The van der Waals surface area contributed by atoms with E-state index in [4.69, 9.17) is 5.73 Å². The summed E-state index contributed by atoms with van der Waals surface area (Å²) in [6, 6.07) is 0. The van der Waals surface area contributed by atoms with E-state index in [2.05, 4.69) is 17.1 Å². The van der Waals surface area contributed by atoms with Gasteiger partial charge < -0.3 is 5.73 Å². The first-order valence-electron chi connectivity index (χ1n) is 5.61. The fourth-order valence-electron chi connectivity index (χ4n) is 3.16. The Morgan fingerprint density at radius 3 is 3.13 bits per heavy atom. The van der Waals surface area contributed by atoms with Crippen LogP contribution in [-0.4, -0.2) is 16.1 Å². The van der Waals surface area contributed by atoms with Gasteiger partial charge in [0.15, 0.2) is 0 Å². The van der Waals surface area contributed by atoms with Crippen LogP contribution in [0.15, 0.2) is 0 Å². The van der Waals surface area contributed by atoms with Gasteiger partial charge in [-0.25, -0.2) is 0 Å². The normalized spacial score (nSPS) is 31.1. The Kier molecular flexibility index (Phi) is 1.69. The van der Waals surface area contributed by atoms with Gasteiger partial charge in [0.25, 0.3) is 5.91 Å². The number of rotatable bonds is 3. The predicted octanol–water partition coefficient (Wildman–Crippen LogP) is 1.19. The lowest BCUT2D eigenvalue weighted by molar-refractivity contribution is 0.0994. The van der Waals surface area contributed by atoms with Gasteiger partial charge in [0.2, 0.25) is 0 Å². The minimum Gasteiger partial charge on any atom is -0.364 e. The average molecular weight is 205 g/mol. The summed E-state index contributed by atoms with van der Waals surface area (Å²) in [5.74, 6) is 1.79. The van der Waals surface area contributed by atoms with Crippen LogP contribution in [0, 0.1) is 11.8 Å². The van der Waals surface area contributed by atoms with Crippen LogP contribution in [0.1, 0.15) is 47.4 Å². The van der Waals surface area contributed by atoms with Crippen molar-refractivity contribution in [3.8, 4) is 0 Å². The van der Waals surface area contributed by atoms with Gasteiger partial charge in [-0.05, 0) is 24.7 Å². The Morgan fingerprint density at radius 2 is 2.47 bits per heavy atom. The molecule has 0 unspecified atom stereocenters. The highest BCUT2D eigenvalue weighted by molar-refractivity contribution is 5.92. The van der Waals surface area contributed by atoms with Gasteiger partial charge in [-0.3, -0.25) is 9.89 Å². The zero-order valence-corrected chi connectivity index (χ0v) is 8.79. The molecule has 2 aliphatic rings. The third-order valence-electron chi connectivity index (χ3n) is 3.85. The second kappa shape index (κ2) is 2.84. The van der Waals surface area contributed by atoms with E-state index in [9.17, 15) is 4.79 Å². The summed E-state index contributed by atoms with van der Waals surface area (Å²) in [5.41, 5.74) is 8.01. The van der Waals surface area contributed by atoms with E-state index in [1.807, 2.05) is 0 Å². The Hall–Kier alpha value is -1.32. The Bertz CT molecular complexity index is 423. The predicted molar refractivity (Wildman–Crippen MR) is 55.4 cm³/mol. The van der Waals surface area contributed by atoms with Gasteiger partial charge in [0.1, 0.15) is 5.69 Å². The number of primary amides is 1. The smallest absolute Gasteiger partial charge is 0.267 e. The third kappa shape index (κ3) is 1.07. The lowest BCUT2D eigenvalue weighted by atomic mass is 10.0. The highest BCUT2D eigenvalue weighted by Crippen LogP contribution is 2.62. The van der Waals surface area contributed by atoms with E-state index in [-0.39, 0.29) is 5.91 Å². The maximum Gasteiger partial charge on any atom is 0.267 e. The van der Waals surface area contributed by atoms with Crippen molar-refractivity contribution >= 4 is 5.91 Å². The first-order chi connectivity index (χ1) is 7.24. The molecular weight excluding hydrogens is 190 g/mol. The fraction of sp³-hybridized carbons (Fsp3) is 0.636. The molecule has 1 heterocycles. The number of nitrogens with two attached hydrogens (primary N) is 1. The van der Waals surface area contributed by atoms with Crippen molar-refractivity contribution < 1.29 is 4.79 Å². The molecule has 1 amide bonds. The van der Waals surface area contributed by atoms with Crippen molar-refractivity contribution in [2.75, 3.05) is 0 Å². The number of carbonyl (C=O) groups is 1. The number of fused-ring (bicyclic) bond motifs is 3. The third-order valence-corrected chi connectivity index (χ3v) is 3.85. The molecule has 80 valence electrons. The summed E-state index contributed by atoms with van der Waals surface area (Å²) in [4.78, 5) is 11.1. The van der Waals surface area contributed by atoms with Crippen molar-refractivity contribution in [2.24, 2.45) is 17.6 Å². The van der Waals surface area contributed by atoms with Crippen LogP contribution in [0.25, 0.3) is 0 Å². The molecule has 3 atom stereocenters. The van der Waals surface area contributed by atoms with Gasteiger partial charge in [-0.1, -0.05) is 13.3 Å². The molecular formula is C11H15N3O. The summed E-state index contributed by atoms with van der Waals surface area (Å²) in [5, 5.41) is 7.02. The van der Waals surface area contributed by atoms with Crippen LogP contribution < -0.4 is 5.73 Å². The number of hydrogen-bond donors (Lipinski definition) is 2. The van der Waals surface area contributed by atoms with Crippen LogP contribution in [-0.2, 0) is 6.42 Å². The van der Waals surface area contributed by atoms with E-state index < -0.39 is 0 Å². The fourth-order valence-corrected chi connectivity index (χ4v) is 3.16. The molecule has 1 aromatic heterocycles. The SMILES string of the molecule is CCC[C@@H]1[C@@H]2Cc3c(n[nH]c3C(N)=O)[C@H]12. The maximum absolute atomic E-state index is 11.1. The van der Waals surface area contributed by atoms with Crippen molar-refractivity contribution in [3.05, 3.63) is 17.0 Å². The Morgan fingerprint density at radius 1 is 1.67 bits per heavy atom. The molecule has 3 rings (SSSR count). The highest BCUT2D eigenvalue weighted by Gasteiger charge is 2.57. The van der Waals surface area contributed by atoms with Gasteiger partial charge in [0, 0.05) is 11.5 Å². The highest BCUT2D eigenvalue weighted by atomic mass is 16.1. The Balaban J connectivity index is 1.88. The molecule has 0 saturated heterocycles. The summed E-state index contributed by atoms with van der Waals surface area (Å²) in [6.07, 6.45) is 3.52. The first kappa shape index (κ1) is 8.95. The van der Waals surface area contributed by atoms with Crippen molar-refractivity contribution in [3.63, 3.8) is 0 Å². The molecule has 0 bridgehead atoms. The Labute approximate surface area is 88.2 Å². The molecule has 1 aromatic rings. The van der Waals surface area contributed by atoms with Gasteiger partial charge >= 0.3 is 0 Å². The topological polar surface area (TPSA) is 71.8 Å². The first-order valence-corrected chi connectivity index (χ1v) is 5.61. The molecule has 0 aliphatic heterocycles.